The van der Waals surface area contributed by atoms with E-state index in [1.165, 1.54) is 43.4 Å². The standard InChI is InChI=1S/C33H50F3N5O/c1-3-25-10-13-27(14-11-25)32-37-29-15-12-26(23-38-18-20-39(21-19-38)24-33(34,35)36)22-30(29)41(32)17-16-31(42)40(4-2)28-8-6-5-7-9-28/h12,15,22,25,27-28H,3-11,13-14,16-21,23-24H2,1-2H3. The van der Waals surface area contributed by atoms with Crippen LogP contribution in [-0.2, 0) is 17.9 Å². The van der Waals surface area contributed by atoms with E-state index in [2.05, 4.69) is 46.4 Å². The zero-order chi connectivity index (χ0) is 29.7. The molecular weight excluding hydrogens is 539 g/mol. The number of fused-ring (bicyclic) bond motifs is 1. The van der Waals surface area contributed by atoms with Crippen LogP contribution in [0.25, 0.3) is 11.0 Å². The van der Waals surface area contributed by atoms with Crippen LogP contribution in [0.2, 0.25) is 0 Å². The van der Waals surface area contributed by atoms with Crippen molar-refractivity contribution in [3.63, 3.8) is 0 Å². The van der Waals surface area contributed by atoms with Crippen LogP contribution >= 0.6 is 0 Å². The number of carbonyl (C=O) groups is 1. The van der Waals surface area contributed by atoms with Crippen molar-refractivity contribution >= 4 is 16.9 Å². The molecule has 1 aromatic heterocycles. The van der Waals surface area contributed by atoms with Gasteiger partial charge in [-0.05, 0) is 69.1 Å². The maximum Gasteiger partial charge on any atom is 0.401 e. The van der Waals surface area contributed by atoms with Crippen LogP contribution in [0.4, 0.5) is 13.2 Å². The third-order valence-corrected chi connectivity index (χ3v) is 10.1. The van der Waals surface area contributed by atoms with Crippen LogP contribution in [0, 0.1) is 5.92 Å². The van der Waals surface area contributed by atoms with Crippen molar-refractivity contribution in [1.82, 2.24) is 24.3 Å². The van der Waals surface area contributed by atoms with Crippen molar-refractivity contribution in [3.05, 3.63) is 29.6 Å². The van der Waals surface area contributed by atoms with E-state index in [0.717, 1.165) is 60.6 Å². The SMILES string of the molecule is CCC1CCC(c2nc3ccc(CN4CCN(CC(F)(F)F)CC4)cc3n2CCC(=O)N(CC)C2CCCCC2)CC1. The van der Waals surface area contributed by atoms with Gasteiger partial charge in [0.25, 0.3) is 0 Å². The summed E-state index contributed by atoms with van der Waals surface area (Å²) in [5, 5.41) is 0. The lowest BCUT2D eigenvalue weighted by molar-refractivity contribution is -0.149. The molecule has 0 bridgehead atoms. The molecule has 2 saturated carbocycles. The Kier molecular flexibility index (Phi) is 10.5. The van der Waals surface area contributed by atoms with Crippen molar-refractivity contribution in [3.8, 4) is 0 Å². The highest BCUT2D eigenvalue weighted by molar-refractivity contribution is 5.79. The number of rotatable bonds is 10. The summed E-state index contributed by atoms with van der Waals surface area (Å²) in [5.41, 5.74) is 3.22. The topological polar surface area (TPSA) is 44.6 Å². The number of alkyl halides is 3. The lowest BCUT2D eigenvalue weighted by Crippen LogP contribution is -2.48. The summed E-state index contributed by atoms with van der Waals surface area (Å²) in [7, 11) is 0. The predicted molar refractivity (Wildman–Crippen MR) is 161 cm³/mol. The molecule has 9 heteroatoms. The molecular formula is C33H50F3N5O. The fourth-order valence-electron chi connectivity index (χ4n) is 7.66. The lowest BCUT2D eigenvalue weighted by Gasteiger charge is -2.35. The fourth-order valence-corrected chi connectivity index (χ4v) is 7.66. The Morgan fingerprint density at radius 3 is 2.29 bits per heavy atom. The number of benzene rings is 1. The molecule has 2 aromatic rings. The lowest BCUT2D eigenvalue weighted by atomic mass is 9.80. The minimum atomic E-state index is -4.15. The van der Waals surface area contributed by atoms with Crippen molar-refractivity contribution in [2.75, 3.05) is 39.3 Å². The average molecular weight is 590 g/mol. The number of hydrogen-bond acceptors (Lipinski definition) is 4. The molecule has 2 heterocycles. The highest BCUT2D eigenvalue weighted by Crippen LogP contribution is 2.38. The van der Waals surface area contributed by atoms with Gasteiger partial charge in [0.15, 0.2) is 0 Å². The molecule has 3 fully saturated rings. The Bertz CT molecular complexity index is 1160. The third kappa shape index (κ3) is 7.87. The second-order valence-electron chi connectivity index (χ2n) is 13.0. The number of halogens is 3. The fraction of sp³-hybridized carbons (Fsp3) is 0.758. The molecule has 0 N–H and O–H groups in total. The van der Waals surface area contributed by atoms with E-state index in [0.29, 0.717) is 57.6 Å². The monoisotopic (exact) mass is 589 g/mol. The molecule has 6 nitrogen and oxygen atoms in total. The Morgan fingerprint density at radius 1 is 0.952 bits per heavy atom. The summed E-state index contributed by atoms with van der Waals surface area (Å²) in [5.74, 6) is 2.60. The van der Waals surface area contributed by atoms with E-state index in [4.69, 9.17) is 4.98 Å². The largest absolute Gasteiger partial charge is 0.401 e. The van der Waals surface area contributed by atoms with Gasteiger partial charge in [-0.3, -0.25) is 14.6 Å². The van der Waals surface area contributed by atoms with Crippen LogP contribution in [0.1, 0.15) is 102 Å². The van der Waals surface area contributed by atoms with Gasteiger partial charge in [-0.2, -0.15) is 13.2 Å². The van der Waals surface area contributed by atoms with Crippen molar-refractivity contribution < 1.29 is 18.0 Å². The Morgan fingerprint density at radius 2 is 1.64 bits per heavy atom. The zero-order valence-corrected chi connectivity index (χ0v) is 25.7. The molecule has 1 amide bonds. The van der Waals surface area contributed by atoms with Crippen molar-refractivity contribution in [2.24, 2.45) is 5.92 Å². The van der Waals surface area contributed by atoms with E-state index >= 15 is 0 Å². The Balaban J connectivity index is 1.32. The van der Waals surface area contributed by atoms with Crippen LogP contribution in [0.5, 0.6) is 0 Å². The van der Waals surface area contributed by atoms with Gasteiger partial charge in [0.05, 0.1) is 17.6 Å². The summed E-state index contributed by atoms with van der Waals surface area (Å²) in [4.78, 5) is 24.6. The van der Waals surface area contributed by atoms with E-state index < -0.39 is 12.7 Å². The highest BCUT2D eigenvalue weighted by atomic mass is 19.4. The first-order valence-corrected chi connectivity index (χ1v) is 16.5. The molecule has 5 rings (SSSR count). The molecule has 1 aromatic carbocycles. The van der Waals surface area contributed by atoms with Gasteiger partial charge in [-0.1, -0.05) is 38.7 Å². The van der Waals surface area contributed by atoms with Gasteiger partial charge in [-0.25, -0.2) is 4.98 Å². The average Bonchev–Trinajstić information content (AvgIpc) is 3.35. The molecule has 0 spiro atoms. The number of nitrogens with zero attached hydrogens (tertiary/aromatic N) is 5. The summed E-state index contributed by atoms with van der Waals surface area (Å²) in [6, 6.07) is 6.81. The van der Waals surface area contributed by atoms with Crippen LogP contribution in [-0.4, -0.2) is 81.6 Å². The molecule has 2 aliphatic carbocycles. The number of piperazine rings is 1. The van der Waals surface area contributed by atoms with Gasteiger partial charge in [-0.15, -0.1) is 0 Å². The van der Waals surface area contributed by atoms with E-state index in [-0.39, 0.29) is 5.91 Å². The summed E-state index contributed by atoms with van der Waals surface area (Å²) in [6.07, 6.45) is 8.28. The number of aryl methyl sites for hydroxylation is 1. The van der Waals surface area contributed by atoms with E-state index in [1.807, 2.05) is 0 Å². The highest BCUT2D eigenvalue weighted by Gasteiger charge is 2.32. The minimum Gasteiger partial charge on any atom is -0.340 e. The first-order valence-electron chi connectivity index (χ1n) is 16.5. The van der Waals surface area contributed by atoms with Gasteiger partial charge < -0.3 is 9.47 Å². The molecule has 1 saturated heterocycles. The second-order valence-corrected chi connectivity index (χ2v) is 13.0. The van der Waals surface area contributed by atoms with Crippen LogP contribution in [0.15, 0.2) is 18.2 Å². The molecule has 0 radical (unpaired) electrons. The first-order chi connectivity index (χ1) is 20.2. The number of aromatic nitrogens is 2. The van der Waals surface area contributed by atoms with E-state index in [1.54, 1.807) is 0 Å². The second kappa shape index (κ2) is 14.1. The molecule has 3 aliphatic rings. The van der Waals surface area contributed by atoms with Gasteiger partial charge in [0.2, 0.25) is 5.91 Å². The molecule has 0 unspecified atom stereocenters. The van der Waals surface area contributed by atoms with E-state index in [9.17, 15) is 18.0 Å². The van der Waals surface area contributed by atoms with Gasteiger partial charge >= 0.3 is 6.18 Å². The summed E-state index contributed by atoms with van der Waals surface area (Å²) in [6.45, 7) is 7.79. The quantitative estimate of drug-likeness (QED) is 0.300. The predicted octanol–water partition coefficient (Wildman–Crippen LogP) is 6.97. The summed E-state index contributed by atoms with van der Waals surface area (Å²) < 4.78 is 40.8. The number of amides is 1. The molecule has 42 heavy (non-hydrogen) atoms. The van der Waals surface area contributed by atoms with Gasteiger partial charge in [0, 0.05) is 64.2 Å². The normalized spacial score (nSPS) is 23.5. The first kappa shape index (κ1) is 31.3. The van der Waals surface area contributed by atoms with Crippen LogP contribution in [0.3, 0.4) is 0 Å². The van der Waals surface area contributed by atoms with Crippen molar-refractivity contribution in [1.29, 1.82) is 0 Å². The molecule has 234 valence electrons. The van der Waals surface area contributed by atoms with Gasteiger partial charge in [0.1, 0.15) is 5.82 Å². The zero-order valence-electron chi connectivity index (χ0n) is 25.7. The summed E-state index contributed by atoms with van der Waals surface area (Å²) >= 11 is 0. The maximum absolute atomic E-state index is 13.5. The minimum absolute atomic E-state index is 0.250. The number of imidazole rings is 1. The third-order valence-electron chi connectivity index (χ3n) is 10.1. The number of hydrogen-bond donors (Lipinski definition) is 0. The molecule has 1 aliphatic heterocycles. The maximum atomic E-state index is 13.5. The Hall–Kier alpha value is -2.13. The van der Waals surface area contributed by atoms with Crippen LogP contribution < -0.4 is 0 Å². The van der Waals surface area contributed by atoms with Crippen molar-refractivity contribution in [2.45, 2.75) is 116 Å². The smallest absolute Gasteiger partial charge is 0.340 e. The number of carbonyl (C=O) groups excluding carboxylic acids is 1. The molecule has 0 atom stereocenters. The Labute approximate surface area is 249 Å².